The van der Waals surface area contributed by atoms with E-state index in [2.05, 4.69) is 0 Å². The lowest BCUT2D eigenvalue weighted by Crippen LogP contribution is -2.62. The van der Waals surface area contributed by atoms with Gasteiger partial charge >= 0.3 is 11.9 Å². The van der Waals surface area contributed by atoms with Crippen molar-refractivity contribution >= 4 is 11.9 Å². The highest BCUT2D eigenvalue weighted by atomic mass is 16.4. The first-order valence-corrected chi connectivity index (χ1v) is 5.22. The van der Waals surface area contributed by atoms with E-state index >= 15 is 0 Å². The first-order chi connectivity index (χ1) is 7.02. The van der Waals surface area contributed by atoms with Crippen LogP contribution in [-0.4, -0.2) is 32.9 Å². The van der Waals surface area contributed by atoms with Gasteiger partial charge in [0.05, 0.1) is 0 Å². The second kappa shape index (κ2) is 4.41. The Bertz CT molecular complexity index is 267. The molecule has 0 aromatic heterocycles. The van der Waals surface area contributed by atoms with Crippen LogP contribution in [-0.2, 0) is 9.59 Å². The van der Waals surface area contributed by atoms with Crippen molar-refractivity contribution < 1.29 is 24.9 Å². The van der Waals surface area contributed by atoms with E-state index in [1.165, 1.54) is 20.8 Å². The molecule has 5 nitrogen and oxygen atoms in total. The maximum absolute atomic E-state index is 11.3. The molecule has 0 heterocycles. The molecule has 0 aromatic carbocycles. The van der Waals surface area contributed by atoms with Crippen molar-refractivity contribution in [2.45, 2.75) is 40.2 Å². The maximum Gasteiger partial charge on any atom is 0.337 e. The molecule has 3 N–H and O–H groups in total. The Balaban J connectivity index is 5.84. The van der Waals surface area contributed by atoms with Gasteiger partial charge in [-0.1, -0.05) is 27.7 Å². The Morgan fingerprint density at radius 3 is 1.38 bits per heavy atom. The minimum absolute atomic E-state index is 0.506. The molecule has 0 fully saturated rings. The van der Waals surface area contributed by atoms with Crippen LogP contribution in [0, 0.1) is 17.3 Å². The van der Waals surface area contributed by atoms with E-state index in [0.717, 1.165) is 0 Å². The average Bonchev–Trinajstić information content (AvgIpc) is 2.13. The zero-order chi connectivity index (χ0) is 13.3. The minimum atomic E-state index is -2.28. The van der Waals surface area contributed by atoms with Crippen LogP contribution in [0.1, 0.15) is 34.6 Å². The van der Waals surface area contributed by atoms with Crippen molar-refractivity contribution in [2.75, 3.05) is 0 Å². The Morgan fingerprint density at radius 1 is 0.938 bits per heavy atom. The van der Waals surface area contributed by atoms with Crippen LogP contribution in [0.4, 0.5) is 0 Å². The largest absolute Gasteiger partial charge is 0.481 e. The molecular formula is C11H20O5. The summed E-state index contributed by atoms with van der Waals surface area (Å²) in [6.07, 6.45) is 0. The molecule has 0 unspecified atom stereocenters. The summed E-state index contributed by atoms with van der Waals surface area (Å²) in [5.41, 5.74) is -4.01. The predicted molar refractivity (Wildman–Crippen MR) is 58.0 cm³/mol. The molecule has 0 aromatic rings. The zero-order valence-corrected chi connectivity index (χ0v) is 10.3. The number of hydrogen-bond donors (Lipinski definition) is 3. The monoisotopic (exact) mass is 232 g/mol. The number of carboxylic acid groups (broad SMARTS) is 2. The van der Waals surface area contributed by atoms with Crippen molar-refractivity contribution in [2.24, 2.45) is 17.3 Å². The van der Waals surface area contributed by atoms with Crippen LogP contribution in [0.15, 0.2) is 0 Å². The number of rotatable bonds is 5. The Hall–Kier alpha value is -1.10. The SMILES string of the molecule is CC(C)[C@](C)(C(=O)O)[C@@](O)(C(=O)O)C(C)C. The Kier molecular flexibility index (Phi) is 4.11. The van der Waals surface area contributed by atoms with E-state index in [1.807, 2.05) is 0 Å². The molecule has 0 aliphatic rings. The van der Waals surface area contributed by atoms with Crippen LogP contribution >= 0.6 is 0 Å². The van der Waals surface area contributed by atoms with E-state index in [1.54, 1.807) is 13.8 Å². The van der Waals surface area contributed by atoms with Gasteiger partial charge in [-0.15, -0.1) is 0 Å². The average molecular weight is 232 g/mol. The van der Waals surface area contributed by atoms with Gasteiger partial charge in [-0.2, -0.15) is 0 Å². The third-order valence-electron chi connectivity index (χ3n) is 3.55. The Morgan fingerprint density at radius 2 is 1.31 bits per heavy atom. The molecule has 0 bridgehead atoms. The minimum Gasteiger partial charge on any atom is -0.481 e. The van der Waals surface area contributed by atoms with Crippen molar-refractivity contribution in [3.8, 4) is 0 Å². The molecule has 94 valence electrons. The van der Waals surface area contributed by atoms with E-state index in [0.29, 0.717) is 0 Å². The highest BCUT2D eigenvalue weighted by Crippen LogP contribution is 2.43. The van der Waals surface area contributed by atoms with E-state index < -0.39 is 34.8 Å². The molecule has 0 aliphatic carbocycles. The number of carbonyl (C=O) groups is 2. The summed E-state index contributed by atoms with van der Waals surface area (Å²) < 4.78 is 0. The van der Waals surface area contributed by atoms with Gasteiger partial charge in [-0.05, 0) is 18.8 Å². The first-order valence-electron chi connectivity index (χ1n) is 5.22. The second-order valence-electron chi connectivity index (χ2n) is 4.89. The number of aliphatic hydroxyl groups is 1. The van der Waals surface area contributed by atoms with Gasteiger partial charge in [-0.25, -0.2) is 4.79 Å². The lowest BCUT2D eigenvalue weighted by molar-refractivity contribution is -0.201. The molecule has 16 heavy (non-hydrogen) atoms. The summed E-state index contributed by atoms with van der Waals surface area (Å²) >= 11 is 0. The van der Waals surface area contributed by atoms with Gasteiger partial charge < -0.3 is 15.3 Å². The number of carboxylic acids is 2. The van der Waals surface area contributed by atoms with Crippen molar-refractivity contribution in [1.82, 2.24) is 0 Å². The van der Waals surface area contributed by atoms with Gasteiger partial charge in [0.2, 0.25) is 0 Å². The summed E-state index contributed by atoms with van der Waals surface area (Å²) in [7, 11) is 0. The Labute approximate surface area is 95.1 Å². The van der Waals surface area contributed by atoms with Crippen LogP contribution < -0.4 is 0 Å². The van der Waals surface area contributed by atoms with Gasteiger partial charge in [0.25, 0.3) is 0 Å². The van der Waals surface area contributed by atoms with Crippen molar-refractivity contribution in [3.05, 3.63) is 0 Å². The second-order valence-corrected chi connectivity index (χ2v) is 4.89. The molecule has 0 spiro atoms. The van der Waals surface area contributed by atoms with Crippen molar-refractivity contribution in [3.63, 3.8) is 0 Å². The summed E-state index contributed by atoms with van der Waals surface area (Å²) in [4.78, 5) is 22.5. The topological polar surface area (TPSA) is 94.8 Å². The van der Waals surface area contributed by atoms with Gasteiger partial charge in [0, 0.05) is 0 Å². The molecule has 0 rings (SSSR count). The highest BCUT2D eigenvalue weighted by Gasteiger charge is 2.61. The molecule has 0 amide bonds. The summed E-state index contributed by atoms with van der Waals surface area (Å²) in [5, 5.41) is 28.6. The molecule has 0 aliphatic heterocycles. The van der Waals surface area contributed by atoms with Crippen LogP contribution in [0.3, 0.4) is 0 Å². The van der Waals surface area contributed by atoms with E-state index in [-0.39, 0.29) is 0 Å². The summed E-state index contributed by atoms with van der Waals surface area (Å²) in [5.74, 6) is -4.01. The molecule has 0 radical (unpaired) electrons. The normalized spacial score (nSPS) is 19.2. The molecule has 5 heteroatoms. The first kappa shape index (κ1) is 14.9. The predicted octanol–water partition coefficient (Wildman–Crippen LogP) is 1.20. The number of hydrogen-bond acceptors (Lipinski definition) is 3. The number of aliphatic carboxylic acids is 2. The maximum atomic E-state index is 11.3. The van der Waals surface area contributed by atoms with Crippen LogP contribution in [0.25, 0.3) is 0 Å². The molecule has 0 saturated carbocycles. The summed E-state index contributed by atoms with van der Waals surface area (Å²) in [6.45, 7) is 7.44. The van der Waals surface area contributed by atoms with Gasteiger partial charge in [0.1, 0.15) is 5.41 Å². The van der Waals surface area contributed by atoms with Crippen LogP contribution in [0.5, 0.6) is 0 Å². The standard InChI is InChI=1S/C11H20O5/c1-6(2)10(5,8(12)13)11(16,7(3)4)9(14)15/h6-7,16H,1-5H3,(H,12,13)(H,14,15)/t10-,11+/m1/s1. The molecule has 0 saturated heterocycles. The fraction of sp³-hybridized carbons (Fsp3) is 0.818. The van der Waals surface area contributed by atoms with Crippen LogP contribution in [0.2, 0.25) is 0 Å². The molecule has 2 atom stereocenters. The molecular weight excluding hydrogens is 212 g/mol. The fourth-order valence-corrected chi connectivity index (χ4v) is 1.92. The van der Waals surface area contributed by atoms with E-state index in [4.69, 9.17) is 5.11 Å². The third kappa shape index (κ3) is 1.80. The van der Waals surface area contributed by atoms with E-state index in [9.17, 15) is 19.8 Å². The third-order valence-corrected chi connectivity index (χ3v) is 3.55. The highest BCUT2D eigenvalue weighted by molar-refractivity contribution is 5.88. The summed E-state index contributed by atoms with van der Waals surface area (Å²) in [6, 6.07) is 0. The zero-order valence-electron chi connectivity index (χ0n) is 10.3. The lowest BCUT2D eigenvalue weighted by atomic mass is 9.62. The smallest absolute Gasteiger partial charge is 0.337 e. The van der Waals surface area contributed by atoms with Crippen molar-refractivity contribution in [1.29, 1.82) is 0 Å². The van der Waals surface area contributed by atoms with Gasteiger partial charge in [-0.3, -0.25) is 4.79 Å². The fourth-order valence-electron chi connectivity index (χ4n) is 1.92. The lowest BCUT2D eigenvalue weighted by Gasteiger charge is -2.44. The quantitative estimate of drug-likeness (QED) is 0.662. The van der Waals surface area contributed by atoms with Gasteiger partial charge in [0.15, 0.2) is 5.60 Å².